The van der Waals surface area contributed by atoms with Gasteiger partial charge in [0, 0.05) is 28.2 Å². The summed E-state index contributed by atoms with van der Waals surface area (Å²) in [5.74, 6) is 0.247. The van der Waals surface area contributed by atoms with Gasteiger partial charge in [-0.15, -0.1) is 11.3 Å². The molecule has 0 atom stereocenters. The van der Waals surface area contributed by atoms with Crippen LogP contribution in [0.2, 0.25) is 0 Å². The molecule has 3 rings (SSSR count). The zero-order chi connectivity index (χ0) is 16.4. The summed E-state index contributed by atoms with van der Waals surface area (Å²) >= 11 is 1.45. The molecule has 23 heavy (non-hydrogen) atoms. The molecule has 116 valence electrons. The molecule has 6 heteroatoms. The summed E-state index contributed by atoms with van der Waals surface area (Å²) in [5.41, 5.74) is 8.82. The normalized spacial score (nSPS) is 14.8. The number of aromatic nitrogens is 1. The first-order valence-corrected chi connectivity index (χ1v) is 8.20. The second-order valence-corrected chi connectivity index (χ2v) is 6.41. The molecule has 0 aliphatic heterocycles. The molecule has 1 saturated carbocycles. The van der Waals surface area contributed by atoms with Crippen LogP contribution in [0.5, 0.6) is 0 Å². The Bertz CT molecular complexity index is 823. The molecule has 2 aromatic rings. The summed E-state index contributed by atoms with van der Waals surface area (Å²) in [6.07, 6.45) is 1.95. The van der Waals surface area contributed by atoms with Gasteiger partial charge in [-0.3, -0.25) is 4.79 Å². The van der Waals surface area contributed by atoms with Crippen molar-refractivity contribution in [1.82, 2.24) is 4.98 Å². The average molecular weight is 324 g/mol. The van der Waals surface area contributed by atoms with Crippen LogP contribution in [-0.4, -0.2) is 10.9 Å². The van der Waals surface area contributed by atoms with Crippen LogP contribution in [0.3, 0.4) is 0 Å². The summed E-state index contributed by atoms with van der Waals surface area (Å²) in [5, 5.41) is 14.7. The Labute approximate surface area is 138 Å². The third-order valence-electron chi connectivity index (χ3n) is 3.59. The maximum atomic E-state index is 11.8. The number of carbonyl (C=O) groups is 1. The number of anilines is 1. The van der Waals surface area contributed by atoms with Gasteiger partial charge in [-0.05, 0) is 31.9 Å². The standard InChI is InChI=1S/C17H16N4OS/c1-10(19)14(8-18)15-9-23-17(21-15)12-3-2-4-13(7-12)20-16(22)11-5-6-11/h2-4,7,9,11H,5-6,19H2,1H3,(H,20,22)/b14-10-. The molecule has 0 radical (unpaired) electrons. The molecule has 0 unspecified atom stereocenters. The first-order chi connectivity index (χ1) is 11.1. The second-order valence-electron chi connectivity index (χ2n) is 5.55. The summed E-state index contributed by atoms with van der Waals surface area (Å²) in [6, 6.07) is 9.66. The summed E-state index contributed by atoms with van der Waals surface area (Å²) < 4.78 is 0. The summed E-state index contributed by atoms with van der Waals surface area (Å²) in [6.45, 7) is 1.69. The van der Waals surface area contributed by atoms with Gasteiger partial charge in [-0.2, -0.15) is 5.26 Å². The van der Waals surface area contributed by atoms with Gasteiger partial charge in [0.15, 0.2) is 0 Å². The molecule has 1 aromatic heterocycles. The smallest absolute Gasteiger partial charge is 0.227 e. The van der Waals surface area contributed by atoms with Crippen molar-refractivity contribution in [2.45, 2.75) is 19.8 Å². The molecule has 0 saturated heterocycles. The Balaban J connectivity index is 1.85. The maximum absolute atomic E-state index is 11.8. The van der Waals surface area contributed by atoms with Gasteiger partial charge in [0.2, 0.25) is 5.91 Å². The molecule has 0 spiro atoms. The highest BCUT2D eigenvalue weighted by atomic mass is 32.1. The number of amides is 1. The molecule has 1 amide bonds. The Morgan fingerprint density at radius 1 is 1.48 bits per heavy atom. The average Bonchev–Trinajstić information content (AvgIpc) is 3.27. The van der Waals surface area contributed by atoms with Crippen LogP contribution in [0, 0.1) is 17.2 Å². The van der Waals surface area contributed by atoms with Gasteiger partial charge in [-0.25, -0.2) is 4.98 Å². The van der Waals surface area contributed by atoms with Crippen LogP contribution in [0.1, 0.15) is 25.5 Å². The third kappa shape index (κ3) is 3.41. The van der Waals surface area contributed by atoms with E-state index in [-0.39, 0.29) is 11.8 Å². The van der Waals surface area contributed by atoms with Gasteiger partial charge in [-0.1, -0.05) is 12.1 Å². The highest BCUT2D eigenvalue weighted by Crippen LogP contribution is 2.32. The minimum absolute atomic E-state index is 0.0791. The zero-order valence-corrected chi connectivity index (χ0v) is 13.5. The largest absolute Gasteiger partial charge is 0.401 e. The molecule has 5 nitrogen and oxygen atoms in total. The van der Waals surface area contributed by atoms with Crippen LogP contribution >= 0.6 is 11.3 Å². The van der Waals surface area contributed by atoms with Crippen LogP contribution in [0.25, 0.3) is 16.1 Å². The van der Waals surface area contributed by atoms with Crippen molar-refractivity contribution in [3.05, 3.63) is 41.0 Å². The molecule has 3 N–H and O–H groups in total. The number of nitrogens with zero attached hydrogens (tertiary/aromatic N) is 2. The number of hydrogen-bond acceptors (Lipinski definition) is 5. The Hall–Kier alpha value is -2.65. The van der Waals surface area contributed by atoms with Gasteiger partial charge in [0.25, 0.3) is 0 Å². The van der Waals surface area contributed by atoms with E-state index in [1.807, 2.05) is 29.6 Å². The van der Waals surface area contributed by atoms with Crippen molar-refractivity contribution in [3.8, 4) is 16.6 Å². The zero-order valence-electron chi connectivity index (χ0n) is 12.7. The predicted molar refractivity (Wildman–Crippen MR) is 91.3 cm³/mol. The molecule has 1 aromatic carbocycles. The number of benzene rings is 1. The fourth-order valence-electron chi connectivity index (χ4n) is 2.19. The fraction of sp³-hybridized carbons (Fsp3) is 0.235. The lowest BCUT2D eigenvalue weighted by Crippen LogP contribution is -2.13. The van der Waals surface area contributed by atoms with Crippen LogP contribution < -0.4 is 11.1 Å². The molecule has 0 bridgehead atoms. The minimum atomic E-state index is 0.0791. The Kier molecular flexibility index (Phi) is 4.13. The Morgan fingerprint density at radius 3 is 2.91 bits per heavy atom. The lowest BCUT2D eigenvalue weighted by atomic mass is 10.2. The van der Waals surface area contributed by atoms with Gasteiger partial charge in [0.05, 0.1) is 11.3 Å². The number of allylic oxidation sites excluding steroid dienone is 2. The van der Waals surface area contributed by atoms with Crippen LogP contribution in [0.15, 0.2) is 35.3 Å². The van der Waals surface area contributed by atoms with E-state index >= 15 is 0 Å². The van der Waals surface area contributed by atoms with Gasteiger partial charge in [0.1, 0.15) is 11.1 Å². The maximum Gasteiger partial charge on any atom is 0.227 e. The molecule has 1 fully saturated rings. The SMILES string of the molecule is C/C(N)=C(\C#N)c1csc(-c2cccc(NC(=O)C3CC3)c2)n1. The van der Waals surface area contributed by atoms with Crippen molar-refractivity contribution in [2.75, 3.05) is 5.32 Å². The molecular formula is C17H16N4OS. The second kappa shape index (κ2) is 6.23. The monoisotopic (exact) mass is 324 g/mol. The minimum Gasteiger partial charge on any atom is -0.401 e. The summed E-state index contributed by atoms with van der Waals surface area (Å²) in [7, 11) is 0. The molecule has 1 heterocycles. The topological polar surface area (TPSA) is 91.8 Å². The molecule has 1 aliphatic rings. The van der Waals surface area contributed by atoms with E-state index in [9.17, 15) is 4.79 Å². The van der Waals surface area contributed by atoms with E-state index in [0.717, 1.165) is 29.1 Å². The van der Waals surface area contributed by atoms with E-state index in [2.05, 4.69) is 16.4 Å². The molecule has 1 aliphatic carbocycles. The third-order valence-corrected chi connectivity index (χ3v) is 4.48. The van der Waals surface area contributed by atoms with Crippen LogP contribution in [-0.2, 0) is 4.79 Å². The molecular weight excluding hydrogens is 308 g/mol. The fourth-order valence-corrected chi connectivity index (χ4v) is 3.00. The van der Waals surface area contributed by atoms with E-state index in [1.165, 1.54) is 11.3 Å². The number of carbonyl (C=O) groups excluding carboxylic acids is 1. The number of nitrogens with one attached hydrogen (secondary N) is 1. The van der Waals surface area contributed by atoms with Crippen LogP contribution in [0.4, 0.5) is 5.69 Å². The lowest BCUT2D eigenvalue weighted by Gasteiger charge is -2.05. The van der Waals surface area contributed by atoms with Gasteiger partial charge >= 0.3 is 0 Å². The summed E-state index contributed by atoms with van der Waals surface area (Å²) in [4.78, 5) is 16.3. The highest BCUT2D eigenvalue weighted by molar-refractivity contribution is 7.13. The van der Waals surface area contributed by atoms with E-state index in [4.69, 9.17) is 11.0 Å². The van der Waals surface area contributed by atoms with Crippen molar-refractivity contribution in [3.63, 3.8) is 0 Å². The highest BCUT2D eigenvalue weighted by Gasteiger charge is 2.29. The van der Waals surface area contributed by atoms with Gasteiger partial charge < -0.3 is 11.1 Å². The first kappa shape index (κ1) is 15.3. The lowest BCUT2D eigenvalue weighted by molar-refractivity contribution is -0.117. The number of rotatable bonds is 4. The van der Waals surface area contributed by atoms with Crippen molar-refractivity contribution >= 4 is 28.5 Å². The van der Waals surface area contributed by atoms with Crippen molar-refractivity contribution in [1.29, 1.82) is 5.26 Å². The number of thiazole rings is 1. The number of hydrogen-bond donors (Lipinski definition) is 2. The number of nitrogens with two attached hydrogens (primary N) is 1. The number of nitriles is 1. The van der Waals surface area contributed by atoms with E-state index in [1.54, 1.807) is 6.92 Å². The Morgan fingerprint density at radius 2 is 2.26 bits per heavy atom. The van der Waals surface area contributed by atoms with Crippen molar-refractivity contribution < 1.29 is 4.79 Å². The first-order valence-electron chi connectivity index (χ1n) is 7.32. The quantitative estimate of drug-likeness (QED) is 0.843. The van der Waals surface area contributed by atoms with E-state index < -0.39 is 0 Å². The van der Waals surface area contributed by atoms with Crippen molar-refractivity contribution in [2.24, 2.45) is 11.7 Å². The predicted octanol–water partition coefficient (Wildman–Crippen LogP) is 3.37. The van der Waals surface area contributed by atoms with E-state index in [0.29, 0.717) is 17.0 Å².